The van der Waals surface area contributed by atoms with Crippen molar-refractivity contribution in [3.8, 4) is 17.0 Å². The van der Waals surface area contributed by atoms with Crippen molar-refractivity contribution in [2.24, 2.45) is 12.8 Å². The monoisotopic (exact) mass is 760 g/mol. The van der Waals surface area contributed by atoms with Crippen LogP contribution < -0.4 is 11.3 Å². The number of phenols is 1. The molecular formula is C32H34F6N6O9. The molecule has 288 valence electrons. The Labute approximate surface area is 295 Å². The number of nitrogens with two attached hydrogens (primary N) is 1. The minimum Gasteiger partial charge on any atom is -0.508 e. The first-order valence-corrected chi connectivity index (χ1v) is 15.3. The molecule has 3 heterocycles. The van der Waals surface area contributed by atoms with Crippen LogP contribution in [0.25, 0.3) is 22.3 Å². The van der Waals surface area contributed by atoms with Crippen LogP contribution >= 0.6 is 0 Å². The Morgan fingerprint density at radius 2 is 1.49 bits per heavy atom. The maximum Gasteiger partial charge on any atom is 0.490 e. The summed E-state index contributed by atoms with van der Waals surface area (Å²) in [6.45, 7) is 2.18. The molecule has 2 aromatic heterocycles. The highest BCUT2D eigenvalue weighted by molar-refractivity contribution is 5.90. The van der Waals surface area contributed by atoms with Gasteiger partial charge in [-0.1, -0.05) is 30.3 Å². The second-order valence-corrected chi connectivity index (χ2v) is 11.7. The number of aliphatic hydroxyl groups is 1. The lowest BCUT2D eigenvalue weighted by Gasteiger charge is -2.38. The fourth-order valence-electron chi connectivity index (χ4n) is 5.12. The topological polar surface area (TPSA) is 223 Å². The number of hydrogen-bond donors (Lipinski definition) is 5. The highest BCUT2D eigenvalue weighted by Gasteiger charge is 2.39. The Morgan fingerprint density at radius 1 is 0.943 bits per heavy atom. The Kier molecular flexibility index (Phi) is 13.3. The van der Waals surface area contributed by atoms with E-state index in [2.05, 4.69) is 15.0 Å². The molecule has 1 aliphatic heterocycles. The van der Waals surface area contributed by atoms with Crippen LogP contribution in [0.15, 0.2) is 53.6 Å². The molecule has 0 radical (unpaired) electrons. The predicted molar refractivity (Wildman–Crippen MR) is 172 cm³/mol. The molecule has 6 N–H and O–H groups in total. The number of esters is 1. The van der Waals surface area contributed by atoms with Gasteiger partial charge in [0.25, 0.3) is 5.56 Å². The van der Waals surface area contributed by atoms with Gasteiger partial charge in [0.15, 0.2) is 5.52 Å². The molecule has 0 amide bonds. The summed E-state index contributed by atoms with van der Waals surface area (Å²) >= 11 is 0. The van der Waals surface area contributed by atoms with E-state index in [1.807, 2.05) is 24.3 Å². The zero-order valence-electron chi connectivity index (χ0n) is 28.0. The maximum absolute atomic E-state index is 13.3. The van der Waals surface area contributed by atoms with Crippen LogP contribution in [-0.4, -0.2) is 101 Å². The van der Waals surface area contributed by atoms with Crippen LogP contribution in [-0.2, 0) is 41.0 Å². The van der Waals surface area contributed by atoms with Crippen molar-refractivity contribution in [3.05, 3.63) is 75.8 Å². The summed E-state index contributed by atoms with van der Waals surface area (Å²) in [6, 6.07) is 12.5. The molecule has 2 aromatic carbocycles. The SMILES string of the molecule is COC(=O)c1ccc(CN2CCC(O)(Cn3cnc4c(-c5ccc(CN)cc5)n(C)nc4c3=O)CC2)c(O)c1.O=C(O)C(F)(F)F.O=C(O)C(F)(F)F. The van der Waals surface area contributed by atoms with Gasteiger partial charge in [-0.25, -0.2) is 19.4 Å². The zero-order chi connectivity index (χ0) is 39.9. The van der Waals surface area contributed by atoms with Crippen LogP contribution in [0.1, 0.15) is 34.3 Å². The standard InChI is InChI=1S/C28H32N6O5.2C2HF3O2/c1-32-25(19-5-3-18(14-29)4-6-19)23-24(31-32)26(36)34(17-30-23)16-28(38)9-11-33(12-10-28)15-21-8-7-20(13-22(21)35)27(37)39-2;2*3-2(4,5)1(6)7/h3-8,13,17,35,38H,9-12,14-16,29H2,1-2H3;2*(H,6,7). The van der Waals surface area contributed by atoms with Crippen molar-refractivity contribution in [2.45, 2.75) is 50.4 Å². The van der Waals surface area contributed by atoms with Crippen LogP contribution in [0.2, 0.25) is 0 Å². The van der Waals surface area contributed by atoms with Crippen molar-refractivity contribution in [1.29, 1.82) is 0 Å². The molecule has 0 bridgehead atoms. The van der Waals surface area contributed by atoms with Gasteiger partial charge in [0.1, 0.15) is 11.3 Å². The van der Waals surface area contributed by atoms with E-state index in [1.54, 1.807) is 23.9 Å². The fraction of sp³-hybridized carbons (Fsp3) is 0.375. The number of fused-ring (bicyclic) bond motifs is 1. The third kappa shape index (κ3) is 11.0. The van der Waals surface area contributed by atoms with Crippen molar-refractivity contribution in [1.82, 2.24) is 24.2 Å². The molecule has 0 unspecified atom stereocenters. The Balaban J connectivity index is 0.000000458. The third-order valence-electron chi connectivity index (χ3n) is 7.91. The van der Waals surface area contributed by atoms with Gasteiger partial charge in [-0.3, -0.25) is 18.9 Å². The quantitative estimate of drug-likeness (QED) is 0.135. The minimum atomic E-state index is -5.08. The number of methoxy groups -OCH3 is 1. The Morgan fingerprint density at radius 3 is 1.96 bits per heavy atom. The third-order valence-corrected chi connectivity index (χ3v) is 7.91. The van der Waals surface area contributed by atoms with Gasteiger partial charge in [-0.2, -0.15) is 31.4 Å². The number of benzene rings is 2. The number of aromatic hydroxyl groups is 1. The molecule has 0 aliphatic carbocycles. The number of carbonyl (C=O) groups excluding carboxylic acids is 1. The number of alkyl halides is 6. The highest BCUT2D eigenvalue weighted by Crippen LogP contribution is 2.29. The number of carboxylic acids is 2. The second-order valence-electron chi connectivity index (χ2n) is 11.7. The first kappa shape index (κ1) is 41.9. The zero-order valence-corrected chi connectivity index (χ0v) is 28.0. The average Bonchev–Trinajstić information content (AvgIpc) is 3.43. The summed E-state index contributed by atoms with van der Waals surface area (Å²) in [5.74, 6) is -6.00. The first-order chi connectivity index (χ1) is 24.6. The Hall–Kier alpha value is -5.54. The number of carbonyl (C=O) groups is 3. The van der Waals surface area contributed by atoms with Gasteiger partial charge in [-0.05, 0) is 30.5 Å². The van der Waals surface area contributed by atoms with E-state index in [1.165, 1.54) is 24.1 Å². The largest absolute Gasteiger partial charge is 0.508 e. The van der Waals surface area contributed by atoms with E-state index in [0.29, 0.717) is 50.1 Å². The van der Waals surface area contributed by atoms with Crippen molar-refractivity contribution >= 4 is 28.9 Å². The number of halogens is 6. The average molecular weight is 761 g/mol. The van der Waals surface area contributed by atoms with Crippen molar-refractivity contribution in [2.75, 3.05) is 20.2 Å². The molecule has 0 saturated carbocycles. The van der Waals surface area contributed by atoms with Gasteiger partial charge in [0, 0.05) is 44.4 Å². The molecule has 15 nitrogen and oxygen atoms in total. The van der Waals surface area contributed by atoms with Gasteiger partial charge >= 0.3 is 30.3 Å². The van der Waals surface area contributed by atoms with Gasteiger partial charge in [0.05, 0.1) is 36.8 Å². The number of likely N-dealkylation sites (tertiary alicyclic amines) is 1. The maximum atomic E-state index is 13.3. The smallest absolute Gasteiger partial charge is 0.490 e. The van der Waals surface area contributed by atoms with E-state index < -0.39 is 35.9 Å². The summed E-state index contributed by atoms with van der Waals surface area (Å²) in [6.07, 6.45) is -7.80. The molecule has 5 rings (SSSR count). The summed E-state index contributed by atoms with van der Waals surface area (Å²) in [5.41, 5.74) is 8.70. The van der Waals surface area contributed by atoms with E-state index in [0.717, 1.165) is 16.8 Å². The summed E-state index contributed by atoms with van der Waals surface area (Å²) in [4.78, 5) is 49.5. The second kappa shape index (κ2) is 16.9. The summed E-state index contributed by atoms with van der Waals surface area (Å²) < 4.78 is 71.3. The molecule has 53 heavy (non-hydrogen) atoms. The number of phenolic OH excluding ortho intramolecular Hbond substituents is 1. The molecule has 0 atom stereocenters. The van der Waals surface area contributed by atoms with Crippen molar-refractivity contribution < 1.29 is 65.9 Å². The number of aryl methyl sites for hydroxylation is 1. The van der Waals surface area contributed by atoms with E-state index in [9.17, 15) is 46.1 Å². The molecule has 1 fully saturated rings. The number of nitrogens with zero attached hydrogens (tertiary/aromatic N) is 5. The van der Waals surface area contributed by atoms with E-state index in [4.69, 9.17) is 30.3 Å². The van der Waals surface area contributed by atoms with Gasteiger partial charge in [-0.15, -0.1) is 0 Å². The van der Waals surface area contributed by atoms with Gasteiger partial charge < -0.3 is 30.9 Å². The minimum absolute atomic E-state index is 0.0229. The number of aliphatic carboxylic acids is 2. The summed E-state index contributed by atoms with van der Waals surface area (Å²) in [5, 5.41) is 40.4. The number of carboxylic acid groups (broad SMARTS) is 2. The number of aromatic nitrogens is 4. The van der Waals surface area contributed by atoms with Crippen LogP contribution in [0.3, 0.4) is 0 Å². The number of rotatable bonds is 7. The summed E-state index contributed by atoms with van der Waals surface area (Å²) in [7, 11) is 3.07. The number of ether oxygens (including phenoxy) is 1. The molecule has 1 aliphatic rings. The normalized spacial score (nSPS) is 14.4. The van der Waals surface area contributed by atoms with Crippen molar-refractivity contribution in [3.63, 3.8) is 0 Å². The number of hydrogen-bond acceptors (Lipinski definition) is 11. The highest BCUT2D eigenvalue weighted by atomic mass is 19.4. The lowest BCUT2D eigenvalue weighted by Crippen LogP contribution is -2.47. The lowest BCUT2D eigenvalue weighted by atomic mass is 9.91. The molecular weight excluding hydrogens is 726 g/mol. The molecule has 21 heteroatoms. The predicted octanol–water partition coefficient (Wildman–Crippen LogP) is 3.04. The van der Waals surface area contributed by atoms with E-state index in [-0.39, 0.29) is 28.9 Å². The van der Waals surface area contributed by atoms with Gasteiger partial charge in [0.2, 0.25) is 0 Å². The molecule has 0 spiro atoms. The van der Waals surface area contributed by atoms with Crippen LogP contribution in [0.4, 0.5) is 26.3 Å². The van der Waals surface area contributed by atoms with Crippen LogP contribution in [0.5, 0.6) is 5.75 Å². The molecule has 1 saturated heterocycles. The Bertz CT molecular complexity index is 1960. The lowest BCUT2D eigenvalue weighted by molar-refractivity contribution is -0.193. The first-order valence-electron chi connectivity index (χ1n) is 15.3. The fourth-order valence-corrected chi connectivity index (χ4v) is 5.12. The molecule has 4 aromatic rings. The number of piperidine rings is 1. The van der Waals surface area contributed by atoms with Crippen LogP contribution in [0, 0.1) is 0 Å². The van der Waals surface area contributed by atoms with E-state index >= 15 is 0 Å².